The lowest BCUT2D eigenvalue weighted by atomic mass is 9.90. The summed E-state index contributed by atoms with van der Waals surface area (Å²) in [5.74, 6) is 0. The van der Waals surface area contributed by atoms with Crippen molar-refractivity contribution in [2.24, 2.45) is 0 Å². The van der Waals surface area contributed by atoms with Gasteiger partial charge in [0.05, 0.1) is 0 Å². The highest BCUT2D eigenvalue weighted by Gasteiger charge is 2.43. The molecule has 26 heavy (non-hydrogen) atoms. The van der Waals surface area contributed by atoms with Crippen LogP contribution in [0.2, 0.25) is 43.8 Å². The fraction of sp³-hybridized carbons (Fsp3) is 0.727. The van der Waals surface area contributed by atoms with E-state index in [-0.39, 0.29) is 5.04 Å². The van der Waals surface area contributed by atoms with Gasteiger partial charge in [0.2, 0.25) is 0 Å². The summed E-state index contributed by atoms with van der Waals surface area (Å²) in [7, 11) is -0.530. The summed E-state index contributed by atoms with van der Waals surface area (Å²) in [6.07, 6.45) is 2.70. The molecule has 0 bridgehead atoms. The molecule has 0 aromatic heterocycles. The van der Waals surface area contributed by atoms with Crippen molar-refractivity contribution in [1.29, 1.82) is 0 Å². The molecule has 1 aliphatic heterocycles. The molecule has 0 N–H and O–H groups in total. The number of rotatable bonds is 5. The smallest absolute Gasteiger partial charge is 0.192 e. The Morgan fingerprint density at radius 1 is 1.00 bits per heavy atom. The second-order valence-corrected chi connectivity index (χ2v) is 21.3. The van der Waals surface area contributed by atoms with Gasteiger partial charge in [-0.05, 0) is 49.6 Å². The third kappa shape index (κ3) is 5.54. The van der Waals surface area contributed by atoms with Gasteiger partial charge in [-0.25, -0.2) is 0 Å². The first-order chi connectivity index (χ1) is 11.8. The molecule has 1 fully saturated rings. The minimum Gasteiger partial charge on any atom is -0.414 e. The van der Waals surface area contributed by atoms with Crippen molar-refractivity contribution >= 4 is 16.4 Å². The van der Waals surface area contributed by atoms with E-state index in [4.69, 9.17) is 4.43 Å². The van der Waals surface area contributed by atoms with Crippen molar-refractivity contribution in [3.63, 3.8) is 0 Å². The predicted octanol–water partition coefficient (Wildman–Crippen LogP) is 6.55. The molecule has 3 atom stereocenters. The third-order valence-electron chi connectivity index (χ3n) is 6.39. The Bertz CT molecular complexity index is 574. The standard InChI is InChI=1S/C22H41NOSi2/c1-22(2,3)26(8,9)24-20-15-19(17-25(5,6)7)23(4)21(16-20)18-13-11-10-12-14-18/h10-14,19-21H,15-17H2,1-9H3/t19-,20-,21+/m0/s1. The fourth-order valence-corrected chi connectivity index (χ4v) is 7.15. The molecule has 148 valence electrons. The molecule has 1 aliphatic rings. The Hall–Kier alpha value is -0.426. The van der Waals surface area contributed by atoms with Crippen molar-refractivity contribution in [2.75, 3.05) is 7.05 Å². The Morgan fingerprint density at radius 2 is 1.58 bits per heavy atom. The van der Waals surface area contributed by atoms with Crippen molar-refractivity contribution < 1.29 is 4.43 Å². The van der Waals surface area contributed by atoms with Crippen molar-refractivity contribution in [1.82, 2.24) is 4.90 Å². The van der Waals surface area contributed by atoms with Crippen LogP contribution < -0.4 is 0 Å². The lowest BCUT2D eigenvalue weighted by Crippen LogP contribution is -2.51. The fourth-order valence-electron chi connectivity index (χ4n) is 3.91. The van der Waals surface area contributed by atoms with Gasteiger partial charge in [-0.3, -0.25) is 4.90 Å². The molecule has 1 aromatic carbocycles. The molecular weight excluding hydrogens is 350 g/mol. The zero-order valence-corrected chi connectivity index (χ0v) is 20.6. The second-order valence-electron chi connectivity index (χ2n) is 11.0. The monoisotopic (exact) mass is 391 g/mol. The molecule has 4 heteroatoms. The number of hydrogen-bond acceptors (Lipinski definition) is 2. The van der Waals surface area contributed by atoms with E-state index in [1.807, 2.05) is 0 Å². The minimum atomic E-state index is -1.74. The molecule has 0 unspecified atom stereocenters. The molecule has 0 amide bonds. The molecule has 0 aliphatic carbocycles. The van der Waals surface area contributed by atoms with Gasteiger partial charge in [0, 0.05) is 26.3 Å². The number of nitrogens with zero attached hydrogens (tertiary/aromatic N) is 1. The van der Waals surface area contributed by atoms with E-state index in [1.165, 1.54) is 18.0 Å². The molecular formula is C22H41NOSi2. The first-order valence-corrected chi connectivity index (χ1v) is 16.9. The molecule has 2 rings (SSSR count). The van der Waals surface area contributed by atoms with Crippen LogP contribution in [-0.4, -0.2) is 40.5 Å². The maximum atomic E-state index is 6.92. The van der Waals surface area contributed by atoms with Gasteiger partial charge in [0.15, 0.2) is 8.32 Å². The Kier molecular flexibility index (Phi) is 6.65. The number of likely N-dealkylation sites (tertiary alicyclic amines) is 1. The second kappa shape index (κ2) is 7.90. The molecule has 0 radical (unpaired) electrons. The molecule has 1 saturated heterocycles. The normalized spacial score (nSPS) is 26.1. The lowest BCUT2D eigenvalue weighted by molar-refractivity contribution is 0.0275. The summed E-state index contributed by atoms with van der Waals surface area (Å²) in [5, 5.41) is 0.271. The van der Waals surface area contributed by atoms with Gasteiger partial charge in [0.1, 0.15) is 0 Å². The zero-order valence-electron chi connectivity index (χ0n) is 18.6. The van der Waals surface area contributed by atoms with E-state index in [1.54, 1.807) is 0 Å². The van der Waals surface area contributed by atoms with Crippen LogP contribution in [0.3, 0.4) is 0 Å². The van der Waals surface area contributed by atoms with Crippen LogP contribution in [0.5, 0.6) is 0 Å². The molecule has 2 nitrogen and oxygen atoms in total. The summed E-state index contributed by atoms with van der Waals surface area (Å²) >= 11 is 0. The van der Waals surface area contributed by atoms with Crippen LogP contribution in [-0.2, 0) is 4.43 Å². The van der Waals surface area contributed by atoms with E-state index >= 15 is 0 Å². The molecule has 0 spiro atoms. The van der Waals surface area contributed by atoms with Crippen LogP contribution in [0.25, 0.3) is 0 Å². The van der Waals surface area contributed by atoms with Gasteiger partial charge in [-0.15, -0.1) is 0 Å². The SMILES string of the molecule is CN1[C@H](C[Si](C)(C)C)C[C@H](O[Si](C)(C)C(C)(C)C)C[C@@H]1c1ccccc1. The van der Waals surface area contributed by atoms with E-state index in [0.717, 1.165) is 6.42 Å². The lowest BCUT2D eigenvalue weighted by Gasteiger charge is -2.48. The van der Waals surface area contributed by atoms with Gasteiger partial charge >= 0.3 is 0 Å². The molecule has 1 aromatic rings. The summed E-state index contributed by atoms with van der Waals surface area (Å²) in [5.41, 5.74) is 1.44. The average Bonchev–Trinajstić information content (AvgIpc) is 2.48. The minimum absolute atomic E-state index is 0.271. The zero-order chi connectivity index (χ0) is 19.8. The van der Waals surface area contributed by atoms with Crippen LogP contribution in [0, 0.1) is 0 Å². The molecule has 0 saturated carbocycles. The van der Waals surface area contributed by atoms with E-state index < -0.39 is 16.4 Å². The van der Waals surface area contributed by atoms with Crippen molar-refractivity contribution in [2.45, 2.75) is 95.6 Å². The van der Waals surface area contributed by atoms with E-state index in [0.29, 0.717) is 18.2 Å². The number of piperidine rings is 1. The average molecular weight is 392 g/mol. The van der Waals surface area contributed by atoms with E-state index in [9.17, 15) is 0 Å². The molecule has 1 heterocycles. The summed E-state index contributed by atoms with van der Waals surface area (Å²) < 4.78 is 6.92. The highest BCUT2D eigenvalue weighted by molar-refractivity contribution is 6.76. The number of hydrogen-bond donors (Lipinski definition) is 0. The Morgan fingerprint density at radius 3 is 2.08 bits per heavy atom. The highest BCUT2D eigenvalue weighted by atomic mass is 28.4. The topological polar surface area (TPSA) is 12.5 Å². The first-order valence-electron chi connectivity index (χ1n) is 10.2. The van der Waals surface area contributed by atoms with Crippen LogP contribution in [0.15, 0.2) is 30.3 Å². The van der Waals surface area contributed by atoms with E-state index in [2.05, 4.69) is 95.8 Å². The maximum Gasteiger partial charge on any atom is 0.192 e. The Balaban J connectivity index is 2.26. The number of benzene rings is 1. The quantitative estimate of drug-likeness (QED) is 0.528. The summed E-state index contributed by atoms with van der Waals surface area (Å²) in [6, 6.07) is 13.5. The van der Waals surface area contributed by atoms with Crippen LogP contribution >= 0.6 is 0 Å². The van der Waals surface area contributed by atoms with Gasteiger partial charge in [0.25, 0.3) is 0 Å². The Labute approximate surface area is 164 Å². The third-order valence-corrected chi connectivity index (χ3v) is 12.6. The summed E-state index contributed by atoms with van der Waals surface area (Å²) in [4.78, 5) is 2.65. The maximum absolute atomic E-state index is 6.92. The van der Waals surface area contributed by atoms with Crippen LogP contribution in [0.1, 0.15) is 45.2 Å². The summed E-state index contributed by atoms with van der Waals surface area (Å²) in [6.45, 7) is 19.3. The van der Waals surface area contributed by atoms with Crippen molar-refractivity contribution in [3.8, 4) is 0 Å². The van der Waals surface area contributed by atoms with Gasteiger partial charge in [-0.2, -0.15) is 0 Å². The highest BCUT2D eigenvalue weighted by Crippen LogP contribution is 2.42. The van der Waals surface area contributed by atoms with Gasteiger partial charge < -0.3 is 4.43 Å². The van der Waals surface area contributed by atoms with Crippen molar-refractivity contribution in [3.05, 3.63) is 35.9 Å². The van der Waals surface area contributed by atoms with Gasteiger partial charge in [-0.1, -0.05) is 70.7 Å². The predicted molar refractivity (Wildman–Crippen MR) is 120 cm³/mol. The largest absolute Gasteiger partial charge is 0.414 e. The van der Waals surface area contributed by atoms with Crippen LogP contribution in [0.4, 0.5) is 0 Å². The first kappa shape index (κ1) is 21.9.